The molecule has 0 spiro atoms. The van der Waals surface area contributed by atoms with E-state index >= 15 is 0 Å². The number of halogens is 1. The summed E-state index contributed by atoms with van der Waals surface area (Å²) in [6.07, 6.45) is 0.0614. The van der Waals surface area contributed by atoms with Crippen molar-refractivity contribution in [2.24, 2.45) is 0 Å². The lowest BCUT2D eigenvalue weighted by Gasteiger charge is -2.03. The fourth-order valence-electron chi connectivity index (χ4n) is 2.18. The van der Waals surface area contributed by atoms with E-state index in [-0.39, 0.29) is 12.3 Å². The number of anilines is 1. The molecule has 116 valence electrons. The maximum Gasteiger partial charge on any atom is 0.230 e. The third kappa shape index (κ3) is 3.83. The molecular formula is C18H15FN2O2. The topological polar surface area (TPSA) is 55.1 Å². The Morgan fingerprint density at radius 3 is 2.70 bits per heavy atom. The number of amides is 1. The molecule has 0 saturated heterocycles. The van der Waals surface area contributed by atoms with E-state index in [4.69, 9.17) is 4.52 Å². The maximum absolute atomic E-state index is 13.1. The molecular weight excluding hydrogens is 295 g/mol. The molecule has 2 aromatic carbocycles. The predicted molar refractivity (Wildman–Crippen MR) is 85.4 cm³/mol. The minimum Gasteiger partial charge on any atom is -0.356 e. The number of nitrogens with zero attached hydrogens (tertiary/aromatic N) is 1. The summed E-state index contributed by atoms with van der Waals surface area (Å²) in [6, 6.07) is 15.3. The van der Waals surface area contributed by atoms with Gasteiger partial charge >= 0.3 is 0 Å². The van der Waals surface area contributed by atoms with Crippen LogP contribution < -0.4 is 5.32 Å². The Bertz CT molecular complexity index is 825. The van der Waals surface area contributed by atoms with Gasteiger partial charge in [0, 0.05) is 17.3 Å². The Balaban J connectivity index is 1.66. The molecule has 3 aromatic rings. The fraction of sp³-hybridized carbons (Fsp3) is 0.111. The first-order valence-corrected chi connectivity index (χ1v) is 7.18. The molecule has 1 N–H and O–H groups in total. The highest BCUT2D eigenvalue weighted by atomic mass is 19.1. The highest BCUT2D eigenvalue weighted by molar-refractivity contribution is 5.92. The first kappa shape index (κ1) is 15.0. The first-order chi connectivity index (χ1) is 11.1. The van der Waals surface area contributed by atoms with Crippen molar-refractivity contribution in [1.29, 1.82) is 0 Å². The summed E-state index contributed by atoms with van der Waals surface area (Å²) in [5.41, 5.74) is 2.99. The summed E-state index contributed by atoms with van der Waals surface area (Å²) in [6.45, 7) is 2.01. The lowest BCUT2D eigenvalue weighted by molar-refractivity contribution is -0.115. The van der Waals surface area contributed by atoms with Crippen LogP contribution in [0.4, 0.5) is 10.1 Å². The van der Waals surface area contributed by atoms with Crippen LogP contribution in [0.3, 0.4) is 0 Å². The van der Waals surface area contributed by atoms with Crippen LogP contribution in [-0.4, -0.2) is 11.1 Å². The zero-order chi connectivity index (χ0) is 16.2. The molecule has 5 heteroatoms. The molecule has 1 heterocycles. The van der Waals surface area contributed by atoms with E-state index in [0.29, 0.717) is 17.1 Å². The lowest BCUT2D eigenvalue weighted by atomic mass is 10.1. The molecule has 1 amide bonds. The smallest absolute Gasteiger partial charge is 0.230 e. The van der Waals surface area contributed by atoms with E-state index in [1.54, 1.807) is 12.1 Å². The van der Waals surface area contributed by atoms with Crippen molar-refractivity contribution in [3.05, 3.63) is 71.7 Å². The molecule has 1 aromatic heterocycles. The summed E-state index contributed by atoms with van der Waals surface area (Å²) in [4.78, 5) is 12.0. The van der Waals surface area contributed by atoms with E-state index in [0.717, 1.165) is 11.1 Å². The van der Waals surface area contributed by atoms with E-state index in [1.807, 2.05) is 31.2 Å². The van der Waals surface area contributed by atoms with Crippen LogP contribution in [0.25, 0.3) is 11.3 Å². The van der Waals surface area contributed by atoms with Crippen molar-refractivity contribution >= 4 is 11.6 Å². The van der Waals surface area contributed by atoms with E-state index in [1.165, 1.54) is 18.2 Å². The van der Waals surface area contributed by atoms with Crippen molar-refractivity contribution in [1.82, 2.24) is 5.16 Å². The van der Waals surface area contributed by atoms with Crippen LogP contribution in [0.1, 0.15) is 11.3 Å². The molecule has 0 bridgehead atoms. The average Bonchev–Trinajstić information content (AvgIpc) is 2.96. The highest BCUT2D eigenvalue weighted by Crippen LogP contribution is 2.21. The number of hydrogen-bond acceptors (Lipinski definition) is 3. The molecule has 0 fully saturated rings. The Labute approximate surface area is 132 Å². The monoisotopic (exact) mass is 310 g/mol. The minimum atomic E-state index is -0.397. The van der Waals surface area contributed by atoms with Crippen LogP contribution in [0.5, 0.6) is 0 Å². The van der Waals surface area contributed by atoms with Crippen molar-refractivity contribution in [2.75, 3.05) is 5.32 Å². The van der Waals surface area contributed by atoms with Gasteiger partial charge in [-0.15, -0.1) is 0 Å². The summed E-state index contributed by atoms with van der Waals surface area (Å²) in [5.74, 6) is -0.0659. The van der Waals surface area contributed by atoms with Gasteiger partial charge < -0.3 is 9.84 Å². The van der Waals surface area contributed by atoms with Crippen LogP contribution in [0.15, 0.2) is 59.1 Å². The number of aryl methyl sites for hydroxylation is 1. The van der Waals surface area contributed by atoms with Gasteiger partial charge in [0.05, 0.1) is 12.1 Å². The Morgan fingerprint density at radius 2 is 1.96 bits per heavy atom. The van der Waals surface area contributed by atoms with Gasteiger partial charge in [-0.3, -0.25) is 4.79 Å². The standard InChI is InChI=1S/C18H15FN2O2/c1-12-5-7-13(8-6-12)17-10-16(21-23-17)11-18(22)20-15-4-2-3-14(19)9-15/h2-10H,11H2,1H3,(H,20,22). The number of aromatic nitrogens is 1. The first-order valence-electron chi connectivity index (χ1n) is 7.18. The van der Waals surface area contributed by atoms with Gasteiger partial charge in [0.15, 0.2) is 5.76 Å². The molecule has 0 atom stereocenters. The van der Waals surface area contributed by atoms with Crippen molar-refractivity contribution < 1.29 is 13.7 Å². The number of hydrogen-bond donors (Lipinski definition) is 1. The van der Waals surface area contributed by atoms with Gasteiger partial charge in [0.1, 0.15) is 5.82 Å². The number of carbonyl (C=O) groups excluding carboxylic acids is 1. The van der Waals surface area contributed by atoms with E-state index in [2.05, 4.69) is 10.5 Å². The minimum absolute atomic E-state index is 0.0614. The molecule has 0 aliphatic rings. The van der Waals surface area contributed by atoms with Crippen molar-refractivity contribution in [3.63, 3.8) is 0 Å². The second-order valence-electron chi connectivity index (χ2n) is 5.28. The van der Waals surface area contributed by atoms with E-state index in [9.17, 15) is 9.18 Å². The lowest BCUT2D eigenvalue weighted by Crippen LogP contribution is -2.14. The van der Waals surface area contributed by atoms with Gasteiger partial charge in [-0.2, -0.15) is 0 Å². The molecule has 3 rings (SSSR count). The molecule has 0 radical (unpaired) electrons. The molecule has 4 nitrogen and oxygen atoms in total. The van der Waals surface area contributed by atoms with Crippen LogP contribution in [-0.2, 0) is 11.2 Å². The zero-order valence-corrected chi connectivity index (χ0v) is 12.5. The maximum atomic E-state index is 13.1. The Morgan fingerprint density at radius 1 is 1.17 bits per heavy atom. The van der Waals surface area contributed by atoms with Gasteiger partial charge in [0.2, 0.25) is 5.91 Å². The summed E-state index contributed by atoms with van der Waals surface area (Å²) in [7, 11) is 0. The highest BCUT2D eigenvalue weighted by Gasteiger charge is 2.11. The third-order valence-electron chi connectivity index (χ3n) is 3.35. The number of benzene rings is 2. The third-order valence-corrected chi connectivity index (χ3v) is 3.35. The Hall–Kier alpha value is -2.95. The SMILES string of the molecule is Cc1ccc(-c2cc(CC(=O)Nc3cccc(F)c3)no2)cc1. The van der Waals surface area contributed by atoms with Crippen molar-refractivity contribution in [3.8, 4) is 11.3 Å². The molecule has 0 unspecified atom stereocenters. The van der Waals surface area contributed by atoms with Crippen LogP contribution in [0.2, 0.25) is 0 Å². The number of rotatable bonds is 4. The largest absolute Gasteiger partial charge is 0.356 e. The van der Waals surface area contributed by atoms with Crippen LogP contribution >= 0.6 is 0 Å². The average molecular weight is 310 g/mol. The van der Waals surface area contributed by atoms with Gasteiger partial charge in [-0.05, 0) is 25.1 Å². The summed E-state index contributed by atoms with van der Waals surface area (Å²) < 4.78 is 18.4. The quantitative estimate of drug-likeness (QED) is 0.793. The molecule has 0 aliphatic heterocycles. The number of nitrogens with one attached hydrogen (secondary N) is 1. The Kier molecular flexibility index (Phi) is 4.19. The summed E-state index contributed by atoms with van der Waals surface area (Å²) in [5, 5.41) is 6.53. The molecule has 0 saturated carbocycles. The second kappa shape index (κ2) is 6.44. The molecule has 0 aliphatic carbocycles. The van der Waals surface area contributed by atoms with Gasteiger partial charge in [0.25, 0.3) is 0 Å². The second-order valence-corrected chi connectivity index (χ2v) is 5.28. The molecule has 23 heavy (non-hydrogen) atoms. The normalized spacial score (nSPS) is 10.5. The van der Waals surface area contributed by atoms with Crippen molar-refractivity contribution in [2.45, 2.75) is 13.3 Å². The number of carbonyl (C=O) groups is 1. The predicted octanol–water partition coefficient (Wildman–Crippen LogP) is 3.97. The van der Waals surface area contributed by atoms with Gasteiger partial charge in [-0.25, -0.2) is 4.39 Å². The fourth-order valence-corrected chi connectivity index (χ4v) is 2.18. The van der Waals surface area contributed by atoms with Crippen LogP contribution in [0, 0.1) is 12.7 Å². The van der Waals surface area contributed by atoms with E-state index < -0.39 is 5.82 Å². The summed E-state index contributed by atoms with van der Waals surface area (Å²) >= 11 is 0. The zero-order valence-electron chi connectivity index (χ0n) is 12.5. The van der Waals surface area contributed by atoms with Gasteiger partial charge in [-0.1, -0.05) is 41.1 Å².